The van der Waals surface area contributed by atoms with Gasteiger partial charge in [-0.1, -0.05) is 0 Å². The van der Waals surface area contributed by atoms with Crippen LogP contribution in [0.25, 0.3) is 0 Å². The predicted octanol–water partition coefficient (Wildman–Crippen LogP) is 1.80. The monoisotopic (exact) mass is 227 g/mol. The predicted molar refractivity (Wildman–Crippen MR) is 61.5 cm³/mol. The molecule has 4 nitrogen and oxygen atoms in total. The molecule has 2 rings (SSSR count). The Kier molecular flexibility index (Phi) is 2.77. The van der Waals surface area contributed by atoms with Crippen molar-refractivity contribution < 1.29 is 14.1 Å². The number of rotatable bonds is 2. The van der Waals surface area contributed by atoms with Crippen molar-refractivity contribution in [1.82, 2.24) is 0 Å². The first-order valence-electron chi connectivity index (χ1n) is 5.85. The highest BCUT2D eigenvalue weighted by atomic mass is 16.6. The Hall–Kier alpha value is -0.580. The molecule has 3 atom stereocenters. The first kappa shape index (κ1) is 11.9. The molecule has 92 valence electrons. The summed E-state index contributed by atoms with van der Waals surface area (Å²) >= 11 is 0. The summed E-state index contributed by atoms with van der Waals surface area (Å²) in [5, 5.41) is 12.5. The zero-order valence-corrected chi connectivity index (χ0v) is 10.5. The van der Waals surface area contributed by atoms with Gasteiger partial charge in [0.1, 0.15) is 12.6 Å². The van der Waals surface area contributed by atoms with E-state index in [0.29, 0.717) is 13.1 Å². The molecular formula is C12H21NO3. The van der Waals surface area contributed by atoms with E-state index in [1.165, 1.54) is 0 Å². The van der Waals surface area contributed by atoms with E-state index in [9.17, 15) is 5.21 Å². The van der Waals surface area contributed by atoms with Crippen LogP contribution in [0.15, 0.2) is 11.8 Å². The van der Waals surface area contributed by atoms with E-state index < -0.39 is 0 Å². The third-order valence-corrected chi connectivity index (χ3v) is 3.28. The van der Waals surface area contributed by atoms with Crippen molar-refractivity contribution in [2.24, 2.45) is 0 Å². The van der Waals surface area contributed by atoms with Crippen LogP contribution in [0.5, 0.6) is 0 Å². The molecule has 2 heterocycles. The minimum Gasteiger partial charge on any atom is -0.632 e. The van der Waals surface area contributed by atoms with Gasteiger partial charge in [0.25, 0.3) is 0 Å². The lowest BCUT2D eigenvalue weighted by molar-refractivity contribution is -0.878. The van der Waals surface area contributed by atoms with Crippen molar-refractivity contribution in [3.63, 3.8) is 0 Å². The topological polar surface area (TPSA) is 41.5 Å². The highest BCUT2D eigenvalue weighted by Crippen LogP contribution is 2.39. The van der Waals surface area contributed by atoms with Crippen LogP contribution >= 0.6 is 0 Å². The molecule has 0 aromatic rings. The number of methoxy groups -OCH3 is 1. The number of quaternary nitrogens is 1. The standard InChI is InChI=1S/C12H21NO3/c1-12(2,3)16-10-6-8-13(14)7-5-9(15-4)11(10)13/h5,10-11H,6-8H2,1-4H3/t10-,11+,13?/m0/s1. The quantitative estimate of drug-likeness (QED) is 0.533. The molecule has 1 unspecified atom stereocenters. The lowest BCUT2D eigenvalue weighted by Gasteiger charge is -2.40. The van der Waals surface area contributed by atoms with Crippen LogP contribution in [-0.2, 0) is 9.47 Å². The number of nitrogens with zero attached hydrogens (tertiary/aromatic N) is 1. The van der Waals surface area contributed by atoms with Crippen molar-refractivity contribution >= 4 is 0 Å². The number of fused-ring (bicyclic) bond motifs is 1. The number of hydroxylamine groups is 3. The van der Waals surface area contributed by atoms with Crippen LogP contribution in [-0.4, -0.2) is 42.6 Å². The average Bonchev–Trinajstić information content (AvgIpc) is 2.62. The Bertz CT molecular complexity index is 308. The Morgan fingerprint density at radius 2 is 2.12 bits per heavy atom. The van der Waals surface area contributed by atoms with Gasteiger partial charge in [0, 0.05) is 12.5 Å². The lowest BCUT2D eigenvalue weighted by Crippen LogP contribution is -2.48. The van der Waals surface area contributed by atoms with Crippen LogP contribution in [0.3, 0.4) is 0 Å². The van der Waals surface area contributed by atoms with E-state index in [1.54, 1.807) is 7.11 Å². The summed E-state index contributed by atoms with van der Waals surface area (Å²) in [7, 11) is 1.63. The Balaban J connectivity index is 2.15. The molecule has 0 saturated carbocycles. The van der Waals surface area contributed by atoms with E-state index in [2.05, 4.69) is 0 Å². The van der Waals surface area contributed by atoms with Crippen LogP contribution in [0.1, 0.15) is 27.2 Å². The maximum Gasteiger partial charge on any atom is 0.173 e. The summed E-state index contributed by atoms with van der Waals surface area (Å²) < 4.78 is 11.1. The molecule has 1 fully saturated rings. The van der Waals surface area contributed by atoms with Gasteiger partial charge in [0.15, 0.2) is 11.8 Å². The van der Waals surface area contributed by atoms with E-state index in [0.717, 1.165) is 12.2 Å². The highest BCUT2D eigenvalue weighted by Gasteiger charge is 2.50. The summed E-state index contributed by atoms with van der Waals surface area (Å²) in [4.78, 5) is 0. The minimum absolute atomic E-state index is 0.00815. The van der Waals surface area contributed by atoms with Crippen LogP contribution in [0, 0.1) is 5.21 Å². The second-order valence-corrected chi connectivity index (χ2v) is 5.67. The van der Waals surface area contributed by atoms with Gasteiger partial charge in [0.05, 0.1) is 19.3 Å². The summed E-state index contributed by atoms with van der Waals surface area (Å²) in [5.41, 5.74) is -0.207. The number of hydrogen-bond donors (Lipinski definition) is 0. The molecule has 0 N–H and O–H groups in total. The van der Waals surface area contributed by atoms with Gasteiger partial charge < -0.3 is 19.3 Å². The van der Waals surface area contributed by atoms with Crippen LogP contribution in [0.4, 0.5) is 0 Å². The third kappa shape index (κ3) is 1.97. The first-order valence-corrected chi connectivity index (χ1v) is 5.85. The maximum absolute atomic E-state index is 12.5. The molecule has 16 heavy (non-hydrogen) atoms. The van der Waals surface area contributed by atoms with E-state index >= 15 is 0 Å². The second-order valence-electron chi connectivity index (χ2n) is 5.67. The third-order valence-electron chi connectivity index (χ3n) is 3.28. The molecular weight excluding hydrogens is 206 g/mol. The van der Waals surface area contributed by atoms with E-state index in [4.69, 9.17) is 9.47 Å². The van der Waals surface area contributed by atoms with Crippen molar-refractivity contribution in [1.29, 1.82) is 0 Å². The molecule has 2 aliphatic heterocycles. The highest BCUT2D eigenvalue weighted by molar-refractivity contribution is 5.12. The van der Waals surface area contributed by atoms with E-state index in [-0.39, 0.29) is 22.4 Å². The van der Waals surface area contributed by atoms with Gasteiger partial charge in [-0.05, 0) is 20.8 Å². The molecule has 0 amide bonds. The van der Waals surface area contributed by atoms with Gasteiger partial charge in [-0.15, -0.1) is 0 Å². The summed E-state index contributed by atoms with van der Waals surface area (Å²) in [6, 6.07) is -0.149. The Morgan fingerprint density at radius 3 is 2.69 bits per heavy atom. The molecule has 0 radical (unpaired) electrons. The Morgan fingerprint density at radius 1 is 1.44 bits per heavy atom. The molecule has 2 aliphatic rings. The fourth-order valence-corrected chi connectivity index (χ4v) is 2.71. The molecule has 0 aromatic heterocycles. The van der Waals surface area contributed by atoms with Gasteiger partial charge >= 0.3 is 0 Å². The van der Waals surface area contributed by atoms with Crippen molar-refractivity contribution in [2.45, 2.75) is 44.9 Å². The molecule has 4 heteroatoms. The van der Waals surface area contributed by atoms with Crippen molar-refractivity contribution in [2.75, 3.05) is 20.2 Å². The van der Waals surface area contributed by atoms with Crippen molar-refractivity contribution in [3.8, 4) is 0 Å². The normalized spacial score (nSPS) is 38.4. The second kappa shape index (κ2) is 3.72. The molecule has 0 bridgehead atoms. The largest absolute Gasteiger partial charge is 0.632 e. The fourth-order valence-electron chi connectivity index (χ4n) is 2.71. The average molecular weight is 227 g/mol. The molecule has 1 saturated heterocycles. The molecule has 0 spiro atoms. The Labute approximate surface area is 97.0 Å². The first-order chi connectivity index (χ1) is 7.36. The maximum atomic E-state index is 12.5. The fraction of sp³-hybridized carbons (Fsp3) is 0.833. The number of ether oxygens (including phenoxy) is 2. The molecule has 0 aromatic carbocycles. The van der Waals surface area contributed by atoms with Gasteiger partial charge in [-0.2, -0.15) is 0 Å². The zero-order valence-electron chi connectivity index (χ0n) is 10.5. The van der Waals surface area contributed by atoms with Crippen molar-refractivity contribution in [3.05, 3.63) is 17.0 Å². The summed E-state index contributed by atoms with van der Waals surface area (Å²) in [6.07, 6.45) is 2.73. The SMILES string of the molecule is COC1=CC[N+]2([O-])CC[C@H](OC(C)(C)C)[C@@H]12. The van der Waals surface area contributed by atoms with E-state index in [1.807, 2.05) is 26.8 Å². The smallest absolute Gasteiger partial charge is 0.173 e. The van der Waals surface area contributed by atoms with Gasteiger partial charge in [-0.3, -0.25) is 0 Å². The number of hydrogen-bond acceptors (Lipinski definition) is 3. The lowest BCUT2D eigenvalue weighted by atomic mass is 10.1. The zero-order chi connectivity index (χ0) is 12.0. The minimum atomic E-state index is -0.207. The molecule has 0 aliphatic carbocycles. The van der Waals surface area contributed by atoms with Gasteiger partial charge in [0.2, 0.25) is 0 Å². The van der Waals surface area contributed by atoms with Gasteiger partial charge in [-0.25, -0.2) is 0 Å². The van der Waals surface area contributed by atoms with Crippen LogP contribution < -0.4 is 0 Å². The van der Waals surface area contributed by atoms with Crippen LogP contribution in [0.2, 0.25) is 0 Å². The summed E-state index contributed by atoms with van der Waals surface area (Å²) in [5.74, 6) is 0.807. The summed E-state index contributed by atoms with van der Waals surface area (Å²) in [6.45, 7) is 7.23.